The summed E-state index contributed by atoms with van der Waals surface area (Å²) in [5, 5.41) is 4.12. The van der Waals surface area contributed by atoms with Crippen LogP contribution in [0, 0.1) is 0 Å². The SMILES string of the molecule is c1ccc(COC2CCN(Cc3nc(Cc4ccccc4)no3)CC2)cc1. The average Bonchev–Trinajstić information content (AvgIpc) is 3.16. The van der Waals surface area contributed by atoms with Gasteiger partial charge in [0.15, 0.2) is 5.82 Å². The molecule has 1 aromatic heterocycles. The number of rotatable bonds is 7. The maximum absolute atomic E-state index is 6.06. The highest BCUT2D eigenvalue weighted by Crippen LogP contribution is 2.17. The molecule has 0 unspecified atom stereocenters. The van der Waals surface area contributed by atoms with Crippen LogP contribution in [0.15, 0.2) is 65.2 Å². The van der Waals surface area contributed by atoms with Gasteiger partial charge in [-0.05, 0) is 24.0 Å². The lowest BCUT2D eigenvalue weighted by molar-refractivity contribution is -0.00555. The first-order chi connectivity index (χ1) is 13.3. The van der Waals surface area contributed by atoms with Gasteiger partial charge >= 0.3 is 0 Å². The van der Waals surface area contributed by atoms with Crippen LogP contribution < -0.4 is 0 Å². The summed E-state index contributed by atoms with van der Waals surface area (Å²) in [7, 11) is 0. The number of hydrogen-bond donors (Lipinski definition) is 0. The molecule has 1 saturated heterocycles. The maximum atomic E-state index is 6.06. The van der Waals surface area contributed by atoms with Gasteiger partial charge in [0.1, 0.15) is 0 Å². The quantitative estimate of drug-likeness (QED) is 0.638. The Balaban J connectivity index is 1.21. The number of ether oxygens (including phenoxy) is 1. The van der Waals surface area contributed by atoms with E-state index in [9.17, 15) is 0 Å². The number of aromatic nitrogens is 2. The van der Waals surface area contributed by atoms with Gasteiger partial charge in [0.05, 0.1) is 19.3 Å². The van der Waals surface area contributed by atoms with Crippen molar-refractivity contribution < 1.29 is 9.26 Å². The number of hydrogen-bond acceptors (Lipinski definition) is 5. The van der Waals surface area contributed by atoms with E-state index in [1.54, 1.807) is 0 Å². The summed E-state index contributed by atoms with van der Waals surface area (Å²) in [6.07, 6.45) is 3.12. The van der Waals surface area contributed by atoms with E-state index in [1.807, 2.05) is 24.3 Å². The van der Waals surface area contributed by atoms with Crippen molar-refractivity contribution in [2.75, 3.05) is 13.1 Å². The molecule has 1 fully saturated rings. The van der Waals surface area contributed by atoms with Crippen LogP contribution in [0.2, 0.25) is 0 Å². The van der Waals surface area contributed by atoms with Gasteiger partial charge in [0.2, 0.25) is 5.89 Å². The van der Waals surface area contributed by atoms with Crippen molar-refractivity contribution in [3.05, 3.63) is 83.5 Å². The zero-order valence-electron chi connectivity index (χ0n) is 15.5. The van der Waals surface area contributed by atoms with E-state index in [-0.39, 0.29) is 0 Å². The van der Waals surface area contributed by atoms with Crippen molar-refractivity contribution in [2.24, 2.45) is 0 Å². The lowest BCUT2D eigenvalue weighted by Gasteiger charge is -2.30. The lowest BCUT2D eigenvalue weighted by atomic mass is 10.1. The zero-order chi connectivity index (χ0) is 18.3. The molecule has 0 aliphatic carbocycles. The van der Waals surface area contributed by atoms with Crippen LogP contribution in [-0.2, 0) is 24.3 Å². The van der Waals surface area contributed by atoms with Gasteiger partial charge in [0.25, 0.3) is 0 Å². The predicted molar refractivity (Wildman–Crippen MR) is 103 cm³/mol. The van der Waals surface area contributed by atoms with E-state index in [0.29, 0.717) is 31.6 Å². The Kier molecular flexibility index (Phi) is 5.92. The monoisotopic (exact) mass is 363 g/mol. The van der Waals surface area contributed by atoms with Crippen LogP contribution in [0.5, 0.6) is 0 Å². The molecule has 27 heavy (non-hydrogen) atoms. The second kappa shape index (κ2) is 8.93. The van der Waals surface area contributed by atoms with Gasteiger partial charge < -0.3 is 9.26 Å². The third-order valence-electron chi connectivity index (χ3n) is 4.94. The molecule has 0 spiro atoms. The number of likely N-dealkylation sites (tertiary alicyclic amines) is 1. The largest absolute Gasteiger partial charge is 0.373 e. The van der Waals surface area contributed by atoms with Crippen LogP contribution in [-0.4, -0.2) is 34.2 Å². The highest BCUT2D eigenvalue weighted by atomic mass is 16.5. The third kappa shape index (κ3) is 5.25. The Morgan fingerprint density at radius 2 is 1.59 bits per heavy atom. The Morgan fingerprint density at radius 3 is 2.30 bits per heavy atom. The summed E-state index contributed by atoms with van der Waals surface area (Å²) in [6.45, 7) is 3.40. The van der Waals surface area contributed by atoms with E-state index in [0.717, 1.165) is 31.8 Å². The third-order valence-corrected chi connectivity index (χ3v) is 4.94. The first-order valence-electron chi connectivity index (χ1n) is 9.58. The van der Waals surface area contributed by atoms with Crippen LogP contribution in [0.4, 0.5) is 0 Å². The fraction of sp³-hybridized carbons (Fsp3) is 0.364. The van der Waals surface area contributed by atoms with Gasteiger partial charge in [0, 0.05) is 19.5 Å². The van der Waals surface area contributed by atoms with Crippen molar-refractivity contribution >= 4 is 0 Å². The second-order valence-electron chi connectivity index (χ2n) is 7.04. The minimum Gasteiger partial charge on any atom is -0.373 e. The Bertz CT molecular complexity index is 812. The molecular formula is C22H25N3O2. The Hall–Kier alpha value is -2.50. The molecule has 0 atom stereocenters. The normalized spacial score (nSPS) is 15.9. The first-order valence-corrected chi connectivity index (χ1v) is 9.58. The minimum atomic E-state index is 0.331. The molecule has 0 N–H and O–H groups in total. The summed E-state index contributed by atoms with van der Waals surface area (Å²) in [5.41, 5.74) is 2.43. The van der Waals surface area contributed by atoms with Crippen molar-refractivity contribution in [2.45, 2.75) is 38.5 Å². The average molecular weight is 363 g/mol. The molecule has 1 aliphatic heterocycles. The topological polar surface area (TPSA) is 51.4 Å². The molecule has 0 bridgehead atoms. The van der Waals surface area contributed by atoms with Gasteiger partial charge in [-0.25, -0.2) is 0 Å². The van der Waals surface area contributed by atoms with Crippen molar-refractivity contribution in [1.82, 2.24) is 15.0 Å². The van der Waals surface area contributed by atoms with Crippen molar-refractivity contribution in [3.8, 4) is 0 Å². The van der Waals surface area contributed by atoms with E-state index in [2.05, 4.69) is 51.4 Å². The minimum absolute atomic E-state index is 0.331. The van der Waals surface area contributed by atoms with Crippen LogP contribution in [0.1, 0.15) is 35.7 Å². The summed E-state index contributed by atoms with van der Waals surface area (Å²) < 4.78 is 11.5. The summed E-state index contributed by atoms with van der Waals surface area (Å²) >= 11 is 0. The molecule has 0 saturated carbocycles. The van der Waals surface area contributed by atoms with E-state index < -0.39 is 0 Å². The molecule has 0 radical (unpaired) electrons. The number of benzene rings is 2. The van der Waals surface area contributed by atoms with Gasteiger partial charge in [-0.15, -0.1) is 0 Å². The van der Waals surface area contributed by atoms with E-state index in [4.69, 9.17) is 9.26 Å². The fourth-order valence-corrected chi connectivity index (χ4v) is 3.42. The molecule has 5 nitrogen and oxygen atoms in total. The molecular weight excluding hydrogens is 338 g/mol. The van der Waals surface area contributed by atoms with Gasteiger partial charge in [-0.1, -0.05) is 65.8 Å². The second-order valence-corrected chi connectivity index (χ2v) is 7.04. The van der Waals surface area contributed by atoms with Crippen LogP contribution in [0.3, 0.4) is 0 Å². The standard InChI is InChI=1S/C22H25N3O2/c1-3-7-18(8-4-1)15-21-23-22(27-24-21)16-25-13-11-20(12-14-25)26-17-19-9-5-2-6-10-19/h1-10,20H,11-17H2. The van der Waals surface area contributed by atoms with Crippen LogP contribution in [0.25, 0.3) is 0 Å². The van der Waals surface area contributed by atoms with Gasteiger partial charge in [-0.3, -0.25) is 4.90 Å². The van der Waals surface area contributed by atoms with Crippen molar-refractivity contribution in [1.29, 1.82) is 0 Å². The Morgan fingerprint density at radius 1 is 0.926 bits per heavy atom. The van der Waals surface area contributed by atoms with Crippen LogP contribution >= 0.6 is 0 Å². The molecule has 3 aromatic rings. The zero-order valence-corrected chi connectivity index (χ0v) is 15.5. The van der Waals surface area contributed by atoms with E-state index in [1.165, 1.54) is 11.1 Å². The first kappa shape index (κ1) is 17.9. The highest BCUT2D eigenvalue weighted by molar-refractivity contribution is 5.18. The lowest BCUT2D eigenvalue weighted by Crippen LogP contribution is -2.36. The molecule has 2 heterocycles. The summed E-state index contributed by atoms with van der Waals surface area (Å²) in [6, 6.07) is 20.6. The molecule has 4 rings (SSSR count). The molecule has 5 heteroatoms. The highest BCUT2D eigenvalue weighted by Gasteiger charge is 2.21. The van der Waals surface area contributed by atoms with Crippen molar-refractivity contribution in [3.63, 3.8) is 0 Å². The fourth-order valence-electron chi connectivity index (χ4n) is 3.42. The number of piperidine rings is 1. The molecule has 140 valence electrons. The predicted octanol–water partition coefficient (Wildman–Crippen LogP) is 3.84. The molecule has 1 aliphatic rings. The summed E-state index contributed by atoms with van der Waals surface area (Å²) in [5.74, 6) is 1.45. The molecule has 0 amide bonds. The Labute approximate surface area is 160 Å². The molecule has 2 aromatic carbocycles. The number of nitrogens with zero attached hydrogens (tertiary/aromatic N) is 3. The maximum Gasteiger partial charge on any atom is 0.240 e. The van der Waals surface area contributed by atoms with Gasteiger partial charge in [-0.2, -0.15) is 4.98 Å². The summed E-state index contributed by atoms with van der Waals surface area (Å²) in [4.78, 5) is 6.91. The van der Waals surface area contributed by atoms with E-state index >= 15 is 0 Å². The smallest absolute Gasteiger partial charge is 0.240 e.